The molecule has 2 rings (SSSR count). The lowest BCUT2D eigenvalue weighted by atomic mass is 9.66. The molecule has 23 heavy (non-hydrogen) atoms. The average Bonchev–Trinajstić information content (AvgIpc) is 2.88. The van der Waals surface area contributed by atoms with E-state index in [1.807, 2.05) is 6.92 Å². The standard InChI is InChI=1S/C18H31NO4/c1-5-19(15(22)23-16(2,3)4)18(14(20)21)12-10-17(11-13-18)8-6-7-9-17/h5-13H2,1-4H3,(H,20,21). The summed E-state index contributed by atoms with van der Waals surface area (Å²) in [6.45, 7) is 7.60. The number of ether oxygens (including phenoxy) is 1. The lowest BCUT2D eigenvalue weighted by molar-refractivity contribution is -0.155. The molecular weight excluding hydrogens is 294 g/mol. The van der Waals surface area contributed by atoms with Gasteiger partial charge in [-0.3, -0.25) is 4.90 Å². The normalized spacial score (nSPS) is 22.8. The largest absolute Gasteiger partial charge is 0.479 e. The number of hydrogen-bond acceptors (Lipinski definition) is 3. The summed E-state index contributed by atoms with van der Waals surface area (Å²) in [5, 5.41) is 9.92. The van der Waals surface area contributed by atoms with Crippen molar-refractivity contribution in [1.29, 1.82) is 0 Å². The van der Waals surface area contributed by atoms with Crippen LogP contribution in [0.3, 0.4) is 0 Å². The molecule has 0 aromatic carbocycles. The molecule has 5 nitrogen and oxygen atoms in total. The summed E-state index contributed by atoms with van der Waals surface area (Å²) >= 11 is 0. The molecule has 2 aliphatic carbocycles. The third-order valence-electron chi connectivity index (χ3n) is 5.65. The molecule has 0 atom stereocenters. The van der Waals surface area contributed by atoms with Crippen molar-refractivity contribution in [3.63, 3.8) is 0 Å². The SMILES string of the molecule is CCN(C(=O)OC(C)(C)C)C1(C(=O)O)CCC2(CCCC2)CC1. The van der Waals surface area contributed by atoms with Crippen LogP contribution in [0.5, 0.6) is 0 Å². The van der Waals surface area contributed by atoms with Gasteiger partial charge in [0.05, 0.1) is 0 Å². The van der Waals surface area contributed by atoms with E-state index >= 15 is 0 Å². The first-order valence-electron chi connectivity index (χ1n) is 8.88. The topological polar surface area (TPSA) is 66.8 Å². The predicted octanol–water partition coefficient (Wildman–Crippen LogP) is 4.20. The highest BCUT2D eigenvalue weighted by molar-refractivity contribution is 5.84. The second-order valence-corrected chi connectivity index (χ2v) is 8.27. The molecule has 2 aliphatic rings. The number of carboxylic acid groups (broad SMARTS) is 1. The summed E-state index contributed by atoms with van der Waals surface area (Å²) in [4.78, 5) is 26.1. The summed E-state index contributed by atoms with van der Waals surface area (Å²) in [5.41, 5.74) is -1.40. The van der Waals surface area contributed by atoms with Crippen LogP contribution in [-0.2, 0) is 9.53 Å². The number of likely N-dealkylation sites (N-methyl/N-ethyl adjacent to an activating group) is 1. The van der Waals surface area contributed by atoms with Gasteiger partial charge in [-0.05, 0) is 71.6 Å². The Morgan fingerprint density at radius 1 is 1.04 bits per heavy atom. The summed E-state index contributed by atoms with van der Waals surface area (Å²) < 4.78 is 5.46. The Hall–Kier alpha value is -1.26. The number of carbonyl (C=O) groups excluding carboxylic acids is 1. The number of hydrogen-bond donors (Lipinski definition) is 1. The van der Waals surface area contributed by atoms with Crippen molar-refractivity contribution in [3.8, 4) is 0 Å². The van der Waals surface area contributed by atoms with E-state index in [-0.39, 0.29) is 0 Å². The Balaban J connectivity index is 2.19. The van der Waals surface area contributed by atoms with Crippen molar-refractivity contribution in [3.05, 3.63) is 0 Å². The Morgan fingerprint density at radius 2 is 1.57 bits per heavy atom. The van der Waals surface area contributed by atoms with Crippen molar-refractivity contribution in [2.75, 3.05) is 6.54 Å². The molecule has 2 saturated carbocycles. The molecule has 2 fully saturated rings. The zero-order valence-electron chi connectivity index (χ0n) is 15.0. The van der Waals surface area contributed by atoms with Gasteiger partial charge >= 0.3 is 12.1 Å². The Bertz CT molecular complexity index is 450. The molecule has 5 heteroatoms. The van der Waals surface area contributed by atoms with Gasteiger partial charge in [-0.25, -0.2) is 9.59 Å². The maximum absolute atomic E-state index is 12.6. The summed E-state index contributed by atoms with van der Waals surface area (Å²) in [6.07, 6.45) is 7.29. The molecule has 1 amide bonds. The first kappa shape index (κ1) is 18.1. The second kappa shape index (κ2) is 6.33. The van der Waals surface area contributed by atoms with Crippen LogP contribution in [-0.4, -0.2) is 39.8 Å². The highest BCUT2D eigenvalue weighted by atomic mass is 16.6. The van der Waals surface area contributed by atoms with Crippen molar-refractivity contribution >= 4 is 12.1 Å². The van der Waals surface area contributed by atoms with Crippen LogP contribution in [0.2, 0.25) is 0 Å². The van der Waals surface area contributed by atoms with Crippen LogP contribution in [0.1, 0.15) is 79.1 Å². The molecule has 0 radical (unpaired) electrons. The van der Waals surface area contributed by atoms with Crippen molar-refractivity contribution in [2.24, 2.45) is 5.41 Å². The van der Waals surface area contributed by atoms with Crippen LogP contribution < -0.4 is 0 Å². The number of nitrogens with zero attached hydrogens (tertiary/aromatic N) is 1. The maximum atomic E-state index is 12.6. The highest BCUT2D eigenvalue weighted by Gasteiger charge is 2.53. The fourth-order valence-corrected chi connectivity index (χ4v) is 4.34. The van der Waals surface area contributed by atoms with E-state index in [1.54, 1.807) is 20.8 Å². The molecule has 0 saturated heterocycles. The minimum Gasteiger partial charge on any atom is -0.479 e. The van der Waals surface area contributed by atoms with Crippen LogP contribution >= 0.6 is 0 Å². The zero-order chi connectivity index (χ0) is 17.3. The van der Waals surface area contributed by atoms with Gasteiger partial charge in [0.15, 0.2) is 0 Å². The highest BCUT2D eigenvalue weighted by Crippen LogP contribution is 2.52. The Kier molecular flexibility index (Phi) is 4.97. The van der Waals surface area contributed by atoms with Gasteiger partial charge in [-0.15, -0.1) is 0 Å². The summed E-state index contributed by atoms with van der Waals surface area (Å²) in [5.74, 6) is -0.891. The molecule has 0 unspecified atom stereocenters. The predicted molar refractivity (Wildman–Crippen MR) is 88.3 cm³/mol. The second-order valence-electron chi connectivity index (χ2n) is 8.27. The fraction of sp³-hybridized carbons (Fsp3) is 0.889. The van der Waals surface area contributed by atoms with Gasteiger partial charge in [0.1, 0.15) is 11.1 Å². The van der Waals surface area contributed by atoms with E-state index < -0.39 is 23.2 Å². The van der Waals surface area contributed by atoms with Gasteiger partial charge in [0.25, 0.3) is 0 Å². The van der Waals surface area contributed by atoms with E-state index in [2.05, 4.69) is 0 Å². The lowest BCUT2D eigenvalue weighted by Crippen LogP contribution is -2.60. The third kappa shape index (κ3) is 3.64. The number of amides is 1. The number of carbonyl (C=O) groups is 2. The van der Waals surface area contributed by atoms with Crippen LogP contribution in [0.25, 0.3) is 0 Å². The molecule has 1 N–H and O–H groups in total. The number of carboxylic acids is 1. The average molecular weight is 325 g/mol. The van der Waals surface area contributed by atoms with Crippen molar-refractivity contribution in [2.45, 2.75) is 90.2 Å². The molecule has 0 bridgehead atoms. The number of aliphatic carboxylic acids is 1. The van der Waals surface area contributed by atoms with Crippen LogP contribution in [0, 0.1) is 5.41 Å². The molecule has 0 aromatic heterocycles. The van der Waals surface area contributed by atoms with Gasteiger partial charge in [-0.1, -0.05) is 12.8 Å². The number of rotatable bonds is 3. The zero-order valence-corrected chi connectivity index (χ0v) is 15.0. The van der Waals surface area contributed by atoms with E-state index in [4.69, 9.17) is 4.74 Å². The Labute approximate surface area is 139 Å². The molecular formula is C18H31NO4. The maximum Gasteiger partial charge on any atom is 0.411 e. The molecule has 132 valence electrons. The first-order chi connectivity index (χ1) is 10.6. The van der Waals surface area contributed by atoms with E-state index in [0.29, 0.717) is 24.8 Å². The van der Waals surface area contributed by atoms with E-state index in [0.717, 1.165) is 12.8 Å². The quantitative estimate of drug-likeness (QED) is 0.844. The van der Waals surface area contributed by atoms with Crippen molar-refractivity contribution < 1.29 is 19.4 Å². The minimum absolute atomic E-state index is 0.326. The van der Waals surface area contributed by atoms with E-state index in [9.17, 15) is 14.7 Å². The van der Waals surface area contributed by atoms with Gasteiger partial charge in [-0.2, -0.15) is 0 Å². The summed E-state index contributed by atoms with van der Waals surface area (Å²) in [6, 6.07) is 0. The molecule has 0 aromatic rings. The summed E-state index contributed by atoms with van der Waals surface area (Å²) in [7, 11) is 0. The van der Waals surface area contributed by atoms with Crippen molar-refractivity contribution in [1.82, 2.24) is 4.90 Å². The van der Waals surface area contributed by atoms with Crippen LogP contribution in [0.4, 0.5) is 4.79 Å². The molecule has 1 spiro atoms. The van der Waals surface area contributed by atoms with Gasteiger partial charge in [0, 0.05) is 6.54 Å². The monoisotopic (exact) mass is 325 g/mol. The Morgan fingerprint density at radius 3 is 1.96 bits per heavy atom. The van der Waals surface area contributed by atoms with E-state index in [1.165, 1.54) is 30.6 Å². The lowest BCUT2D eigenvalue weighted by Gasteiger charge is -2.47. The van der Waals surface area contributed by atoms with Gasteiger partial charge in [0.2, 0.25) is 0 Å². The third-order valence-corrected chi connectivity index (χ3v) is 5.65. The fourth-order valence-electron chi connectivity index (χ4n) is 4.34. The molecule has 0 heterocycles. The van der Waals surface area contributed by atoms with Crippen LogP contribution in [0.15, 0.2) is 0 Å². The van der Waals surface area contributed by atoms with Gasteiger partial charge < -0.3 is 9.84 Å². The molecule has 0 aliphatic heterocycles. The minimum atomic E-state index is -1.11. The smallest absolute Gasteiger partial charge is 0.411 e. The first-order valence-corrected chi connectivity index (χ1v) is 8.88.